The number of hydrogen-bond donors (Lipinski definition) is 1. The van der Waals surface area contributed by atoms with E-state index in [0.717, 1.165) is 17.7 Å². The predicted molar refractivity (Wildman–Crippen MR) is 112 cm³/mol. The normalized spacial score (nSPS) is 14.8. The maximum absolute atomic E-state index is 12.6. The fourth-order valence-corrected chi connectivity index (χ4v) is 5.18. The van der Waals surface area contributed by atoms with Gasteiger partial charge in [0.15, 0.2) is 6.61 Å². The fourth-order valence-electron chi connectivity index (χ4n) is 2.88. The molecule has 0 spiro atoms. The van der Waals surface area contributed by atoms with E-state index in [1.54, 1.807) is 17.8 Å². The number of rotatable bonds is 7. The SMILES string of the molecule is CSc1cccc(NC(=O)COc2ccc(S(=O)(=O)N3CCCC3)cc2Cl)c1. The van der Waals surface area contributed by atoms with Gasteiger partial charge in [0.2, 0.25) is 10.0 Å². The molecular formula is C19H21ClN2O4S2. The van der Waals surface area contributed by atoms with E-state index in [4.69, 9.17) is 16.3 Å². The van der Waals surface area contributed by atoms with Crippen LogP contribution < -0.4 is 10.1 Å². The number of sulfonamides is 1. The maximum atomic E-state index is 12.6. The van der Waals surface area contributed by atoms with Crippen molar-refractivity contribution in [2.45, 2.75) is 22.6 Å². The Balaban J connectivity index is 1.62. The van der Waals surface area contributed by atoms with Crippen LogP contribution in [0.5, 0.6) is 5.75 Å². The van der Waals surface area contributed by atoms with Gasteiger partial charge in [-0.3, -0.25) is 4.79 Å². The molecule has 0 atom stereocenters. The average Bonchev–Trinajstić information content (AvgIpc) is 3.23. The number of nitrogens with one attached hydrogen (secondary N) is 1. The number of hydrogen-bond acceptors (Lipinski definition) is 5. The molecule has 1 fully saturated rings. The summed E-state index contributed by atoms with van der Waals surface area (Å²) in [5.74, 6) is -0.0712. The molecule has 0 unspecified atom stereocenters. The molecule has 1 heterocycles. The zero-order valence-corrected chi connectivity index (χ0v) is 17.7. The van der Waals surface area contributed by atoms with Crippen molar-refractivity contribution >= 4 is 45.0 Å². The van der Waals surface area contributed by atoms with E-state index in [0.29, 0.717) is 18.8 Å². The van der Waals surface area contributed by atoms with Gasteiger partial charge in [0.25, 0.3) is 5.91 Å². The lowest BCUT2D eigenvalue weighted by molar-refractivity contribution is -0.118. The summed E-state index contributed by atoms with van der Waals surface area (Å²) in [7, 11) is -3.54. The first-order valence-electron chi connectivity index (χ1n) is 8.76. The third kappa shape index (κ3) is 5.00. The third-order valence-electron chi connectivity index (χ3n) is 4.32. The van der Waals surface area contributed by atoms with Crippen molar-refractivity contribution in [1.82, 2.24) is 4.31 Å². The second-order valence-corrected chi connectivity index (χ2v) is 9.50. The van der Waals surface area contributed by atoms with Crippen LogP contribution in [0.25, 0.3) is 0 Å². The summed E-state index contributed by atoms with van der Waals surface area (Å²) in [5.41, 5.74) is 0.679. The van der Waals surface area contributed by atoms with Gasteiger partial charge in [-0.1, -0.05) is 17.7 Å². The van der Waals surface area contributed by atoms with Gasteiger partial charge in [-0.15, -0.1) is 11.8 Å². The van der Waals surface area contributed by atoms with E-state index in [1.807, 2.05) is 24.5 Å². The summed E-state index contributed by atoms with van der Waals surface area (Å²) < 4.78 is 32.1. The molecule has 0 aliphatic carbocycles. The molecule has 1 amide bonds. The molecule has 150 valence electrons. The lowest BCUT2D eigenvalue weighted by atomic mass is 10.3. The Morgan fingerprint density at radius 1 is 1.21 bits per heavy atom. The van der Waals surface area contributed by atoms with Gasteiger partial charge in [0.05, 0.1) is 9.92 Å². The van der Waals surface area contributed by atoms with Crippen LogP contribution in [-0.4, -0.2) is 44.6 Å². The van der Waals surface area contributed by atoms with E-state index in [2.05, 4.69) is 5.32 Å². The Kier molecular flexibility index (Phi) is 6.87. The van der Waals surface area contributed by atoms with Crippen LogP contribution in [0.3, 0.4) is 0 Å². The Morgan fingerprint density at radius 2 is 1.96 bits per heavy atom. The predicted octanol–water partition coefficient (Wildman–Crippen LogP) is 3.86. The summed E-state index contributed by atoms with van der Waals surface area (Å²) in [6.07, 6.45) is 3.69. The molecule has 3 rings (SSSR count). The topological polar surface area (TPSA) is 75.7 Å². The number of halogens is 1. The first kappa shape index (κ1) is 21.0. The highest BCUT2D eigenvalue weighted by atomic mass is 35.5. The van der Waals surface area contributed by atoms with Crippen LogP contribution in [-0.2, 0) is 14.8 Å². The van der Waals surface area contributed by atoms with Gasteiger partial charge in [-0.05, 0) is 55.5 Å². The second kappa shape index (κ2) is 9.17. The lowest BCUT2D eigenvalue weighted by Crippen LogP contribution is -2.27. The minimum absolute atomic E-state index is 0.130. The van der Waals surface area contributed by atoms with Crippen molar-refractivity contribution in [2.24, 2.45) is 0 Å². The van der Waals surface area contributed by atoms with Gasteiger partial charge < -0.3 is 10.1 Å². The number of ether oxygens (including phenoxy) is 1. The standard InChI is InChI=1S/C19H21ClN2O4S2/c1-27-15-6-4-5-14(11-15)21-19(23)13-26-18-8-7-16(12-17(18)20)28(24,25)22-9-2-3-10-22/h4-8,11-12H,2-3,9-10,13H2,1H3,(H,21,23). The van der Waals surface area contributed by atoms with Crippen molar-refractivity contribution in [3.05, 3.63) is 47.5 Å². The maximum Gasteiger partial charge on any atom is 0.262 e. The highest BCUT2D eigenvalue weighted by molar-refractivity contribution is 7.98. The molecule has 1 N–H and O–H groups in total. The van der Waals surface area contributed by atoms with Crippen LogP contribution in [0.15, 0.2) is 52.3 Å². The quantitative estimate of drug-likeness (QED) is 0.661. The average molecular weight is 441 g/mol. The number of anilines is 1. The van der Waals surface area contributed by atoms with E-state index in [1.165, 1.54) is 22.5 Å². The van der Waals surface area contributed by atoms with Crippen LogP contribution >= 0.6 is 23.4 Å². The molecule has 0 saturated carbocycles. The smallest absolute Gasteiger partial charge is 0.262 e. The summed E-state index contributed by atoms with van der Waals surface area (Å²) in [4.78, 5) is 13.3. The van der Waals surface area contributed by atoms with Crippen molar-refractivity contribution in [1.29, 1.82) is 0 Å². The first-order valence-corrected chi connectivity index (χ1v) is 11.8. The van der Waals surface area contributed by atoms with Gasteiger partial charge >= 0.3 is 0 Å². The molecule has 0 radical (unpaired) electrons. The number of nitrogens with zero attached hydrogens (tertiary/aromatic N) is 1. The van der Waals surface area contributed by atoms with E-state index in [9.17, 15) is 13.2 Å². The molecule has 2 aromatic rings. The molecule has 2 aromatic carbocycles. The Hall–Kier alpha value is -1.74. The van der Waals surface area contributed by atoms with E-state index < -0.39 is 10.0 Å². The van der Waals surface area contributed by atoms with Crippen molar-refractivity contribution in [3.8, 4) is 5.75 Å². The van der Waals surface area contributed by atoms with Crippen molar-refractivity contribution in [2.75, 3.05) is 31.3 Å². The number of benzene rings is 2. The van der Waals surface area contributed by atoms with Crippen LogP contribution in [0.4, 0.5) is 5.69 Å². The first-order chi connectivity index (χ1) is 13.4. The molecule has 1 aliphatic heterocycles. The number of amides is 1. The van der Waals surface area contributed by atoms with E-state index in [-0.39, 0.29) is 28.2 Å². The zero-order valence-electron chi connectivity index (χ0n) is 15.4. The Labute approximate surface area is 174 Å². The number of thioether (sulfide) groups is 1. The van der Waals surface area contributed by atoms with Crippen LogP contribution in [0.2, 0.25) is 5.02 Å². The van der Waals surface area contributed by atoms with Gasteiger partial charge in [-0.2, -0.15) is 4.31 Å². The highest BCUT2D eigenvalue weighted by Gasteiger charge is 2.27. The highest BCUT2D eigenvalue weighted by Crippen LogP contribution is 2.30. The lowest BCUT2D eigenvalue weighted by Gasteiger charge is -2.16. The molecule has 1 saturated heterocycles. The summed E-state index contributed by atoms with van der Waals surface area (Å²) in [6, 6.07) is 11.8. The zero-order chi connectivity index (χ0) is 20.1. The third-order valence-corrected chi connectivity index (χ3v) is 7.23. The molecule has 1 aliphatic rings. The number of carbonyl (C=O) groups is 1. The minimum Gasteiger partial charge on any atom is -0.482 e. The van der Waals surface area contributed by atoms with Gasteiger partial charge in [0, 0.05) is 23.7 Å². The van der Waals surface area contributed by atoms with E-state index >= 15 is 0 Å². The Bertz CT molecular complexity index is 960. The summed E-state index contributed by atoms with van der Waals surface area (Å²) in [6.45, 7) is 0.813. The molecule has 9 heteroatoms. The molecule has 28 heavy (non-hydrogen) atoms. The van der Waals surface area contributed by atoms with Gasteiger partial charge in [0.1, 0.15) is 5.75 Å². The van der Waals surface area contributed by atoms with Gasteiger partial charge in [-0.25, -0.2) is 8.42 Å². The molecular weight excluding hydrogens is 420 g/mol. The molecule has 0 aromatic heterocycles. The van der Waals surface area contributed by atoms with Crippen LogP contribution in [0, 0.1) is 0 Å². The minimum atomic E-state index is -3.54. The summed E-state index contributed by atoms with van der Waals surface area (Å²) >= 11 is 7.76. The second-order valence-electron chi connectivity index (χ2n) is 6.27. The molecule has 0 bridgehead atoms. The number of carbonyl (C=O) groups excluding carboxylic acids is 1. The monoisotopic (exact) mass is 440 g/mol. The molecule has 6 nitrogen and oxygen atoms in total. The largest absolute Gasteiger partial charge is 0.482 e. The van der Waals surface area contributed by atoms with Crippen molar-refractivity contribution < 1.29 is 17.9 Å². The van der Waals surface area contributed by atoms with Crippen molar-refractivity contribution in [3.63, 3.8) is 0 Å². The summed E-state index contributed by atoms with van der Waals surface area (Å²) in [5, 5.41) is 2.91. The van der Waals surface area contributed by atoms with Crippen LogP contribution in [0.1, 0.15) is 12.8 Å². The fraction of sp³-hybridized carbons (Fsp3) is 0.316. The Morgan fingerprint density at radius 3 is 2.64 bits per heavy atom.